The molecule has 6 heteroatoms. The molecular weight excluding hydrogens is 345 g/mol. The Morgan fingerprint density at radius 3 is 2.22 bits per heavy atom. The van der Waals surface area contributed by atoms with Gasteiger partial charge in [-0.25, -0.2) is 4.39 Å². The van der Waals surface area contributed by atoms with Gasteiger partial charge in [0, 0.05) is 39.3 Å². The second-order valence-electron chi connectivity index (χ2n) is 6.72. The van der Waals surface area contributed by atoms with E-state index in [1.54, 1.807) is 17.0 Å². The van der Waals surface area contributed by atoms with Gasteiger partial charge in [0.05, 0.1) is 0 Å². The molecule has 142 valence electrons. The lowest BCUT2D eigenvalue weighted by Gasteiger charge is -2.34. The Kier molecular flexibility index (Phi) is 6.54. The normalized spacial score (nSPS) is 14.8. The van der Waals surface area contributed by atoms with Crippen LogP contribution in [0.4, 0.5) is 4.39 Å². The third-order valence-corrected chi connectivity index (χ3v) is 4.69. The average molecular weight is 369 g/mol. The summed E-state index contributed by atoms with van der Waals surface area (Å²) in [6.45, 7) is 4.04. The van der Waals surface area contributed by atoms with E-state index in [9.17, 15) is 14.0 Å². The van der Waals surface area contributed by atoms with Crippen LogP contribution >= 0.6 is 0 Å². The quantitative estimate of drug-likeness (QED) is 0.794. The molecule has 1 fully saturated rings. The first kappa shape index (κ1) is 19.0. The number of nitrogens with zero attached hydrogens (tertiary/aromatic N) is 2. The number of piperazine rings is 1. The summed E-state index contributed by atoms with van der Waals surface area (Å²) >= 11 is 0. The molecule has 0 radical (unpaired) electrons. The van der Waals surface area contributed by atoms with E-state index >= 15 is 0 Å². The molecule has 5 nitrogen and oxygen atoms in total. The Morgan fingerprint density at radius 2 is 1.56 bits per heavy atom. The van der Waals surface area contributed by atoms with E-state index in [1.807, 2.05) is 18.2 Å². The third kappa shape index (κ3) is 5.89. The highest BCUT2D eigenvalue weighted by molar-refractivity contribution is 5.96. The predicted octanol–water partition coefficient (Wildman–Crippen LogP) is 2.18. The minimum Gasteiger partial charge on any atom is -0.352 e. The van der Waals surface area contributed by atoms with Gasteiger partial charge in [0.15, 0.2) is 0 Å². The van der Waals surface area contributed by atoms with Crippen LogP contribution in [0.15, 0.2) is 54.6 Å². The summed E-state index contributed by atoms with van der Waals surface area (Å²) in [5, 5.41) is 2.71. The zero-order valence-electron chi connectivity index (χ0n) is 15.2. The molecule has 2 amide bonds. The van der Waals surface area contributed by atoms with Crippen molar-refractivity contribution in [1.82, 2.24) is 15.1 Å². The molecule has 0 aromatic heterocycles. The fraction of sp³-hybridized carbons (Fsp3) is 0.333. The van der Waals surface area contributed by atoms with Crippen molar-refractivity contribution in [3.8, 4) is 0 Å². The number of hydrogen-bond acceptors (Lipinski definition) is 3. The molecule has 0 spiro atoms. The Morgan fingerprint density at radius 1 is 0.889 bits per heavy atom. The van der Waals surface area contributed by atoms with Gasteiger partial charge in [-0.1, -0.05) is 42.5 Å². The first-order valence-electron chi connectivity index (χ1n) is 9.15. The van der Waals surface area contributed by atoms with Crippen LogP contribution in [0, 0.1) is 5.82 Å². The molecule has 1 heterocycles. The van der Waals surface area contributed by atoms with Gasteiger partial charge in [-0.2, -0.15) is 0 Å². The van der Waals surface area contributed by atoms with Crippen LogP contribution in [0.25, 0.3) is 0 Å². The lowest BCUT2D eigenvalue weighted by atomic mass is 10.2. The topological polar surface area (TPSA) is 52.7 Å². The molecular formula is C21H24FN3O2. The van der Waals surface area contributed by atoms with E-state index in [0.29, 0.717) is 13.1 Å². The van der Waals surface area contributed by atoms with Crippen LogP contribution in [-0.4, -0.2) is 47.8 Å². The highest BCUT2D eigenvalue weighted by Gasteiger charge is 2.22. The lowest BCUT2D eigenvalue weighted by molar-refractivity contribution is -0.137. The molecule has 1 N–H and O–H groups in total. The second-order valence-corrected chi connectivity index (χ2v) is 6.72. The summed E-state index contributed by atoms with van der Waals surface area (Å²) in [7, 11) is 0. The van der Waals surface area contributed by atoms with E-state index in [0.717, 1.165) is 25.2 Å². The Hall–Kier alpha value is -2.73. The minimum absolute atomic E-state index is 0.147. The lowest BCUT2D eigenvalue weighted by Crippen LogP contribution is -2.49. The fourth-order valence-corrected chi connectivity index (χ4v) is 3.11. The number of benzene rings is 2. The zero-order valence-corrected chi connectivity index (χ0v) is 15.2. The highest BCUT2D eigenvalue weighted by atomic mass is 19.1. The highest BCUT2D eigenvalue weighted by Crippen LogP contribution is 2.09. The maximum Gasteiger partial charge on any atom is 0.232 e. The van der Waals surface area contributed by atoms with Gasteiger partial charge < -0.3 is 10.2 Å². The predicted molar refractivity (Wildman–Crippen MR) is 101 cm³/mol. The van der Waals surface area contributed by atoms with Crippen molar-refractivity contribution in [2.24, 2.45) is 0 Å². The number of nitrogens with one attached hydrogen (secondary N) is 1. The van der Waals surface area contributed by atoms with Gasteiger partial charge in [-0.05, 0) is 23.3 Å². The largest absolute Gasteiger partial charge is 0.352 e. The summed E-state index contributed by atoms with van der Waals surface area (Å²) in [6.07, 6.45) is -0.153. The van der Waals surface area contributed by atoms with E-state index < -0.39 is 0 Å². The maximum absolute atomic E-state index is 12.9. The first-order valence-corrected chi connectivity index (χ1v) is 9.15. The van der Waals surface area contributed by atoms with Gasteiger partial charge in [-0.15, -0.1) is 0 Å². The van der Waals surface area contributed by atoms with Crippen LogP contribution < -0.4 is 5.32 Å². The van der Waals surface area contributed by atoms with Crippen LogP contribution in [0.5, 0.6) is 0 Å². The average Bonchev–Trinajstić information content (AvgIpc) is 2.69. The number of carbonyl (C=O) groups excluding carboxylic acids is 2. The van der Waals surface area contributed by atoms with Crippen molar-refractivity contribution >= 4 is 11.8 Å². The summed E-state index contributed by atoms with van der Waals surface area (Å²) in [6, 6.07) is 16.2. The SMILES string of the molecule is O=C(CC(=O)N1CCN(Cc2ccccc2)CC1)NCc1ccc(F)cc1. The molecule has 3 rings (SSSR count). The number of rotatable bonds is 6. The summed E-state index contributed by atoms with van der Waals surface area (Å²) in [5.41, 5.74) is 2.06. The number of hydrogen-bond donors (Lipinski definition) is 1. The van der Waals surface area contributed by atoms with Gasteiger partial charge in [0.1, 0.15) is 12.2 Å². The van der Waals surface area contributed by atoms with Crippen molar-refractivity contribution in [2.75, 3.05) is 26.2 Å². The van der Waals surface area contributed by atoms with Crippen molar-refractivity contribution in [3.05, 3.63) is 71.5 Å². The first-order chi connectivity index (χ1) is 13.1. The molecule has 0 saturated carbocycles. The summed E-state index contributed by atoms with van der Waals surface area (Å²) in [5.74, 6) is -0.770. The van der Waals surface area contributed by atoms with Gasteiger partial charge in [0.2, 0.25) is 11.8 Å². The van der Waals surface area contributed by atoms with Crippen molar-refractivity contribution in [2.45, 2.75) is 19.5 Å². The van der Waals surface area contributed by atoms with Crippen molar-refractivity contribution in [3.63, 3.8) is 0 Å². The van der Waals surface area contributed by atoms with Crippen LogP contribution in [0.3, 0.4) is 0 Å². The van der Waals surface area contributed by atoms with Gasteiger partial charge in [-0.3, -0.25) is 14.5 Å². The molecule has 0 aliphatic carbocycles. The van der Waals surface area contributed by atoms with Crippen LogP contribution in [0.1, 0.15) is 17.5 Å². The molecule has 1 aliphatic rings. The van der Waals surface area contributed by atoms with E-state index in [1.165, 1.54) is 17.7 Å². The minimum atomic E-state index is -0.313. The fourth-order valence-electron chi connectivity index (χ4n) is 3.11. The smallest absolute Gasteiger partial charge is 0.232 e. The molecule has 1 aliphatic heterocycles. The van der Waals surface area contributed by atoms with Gasteiger partial charge >= 0.3 is 0 Å². The molecule has 0 unspecified atom stereocenters. The molecule has 2 aromatic rings. The third-order valence-electron chi connectivity index (χ3n) is 4.69. The summed E-state index contributed by atoms with van der Waals surface area (Å²) in [4.78, 5) is 28.4. The number of carbonyl (C=O) groups is 2. The maximum atomic E-state index is 12.9. The molecule has 0 bridgehead atoms. The summed E-state index contributed by atoms with van der Waals surface area (Å²) < 4.78 is 12.9. The Balaban J connectivity index is 1.38. The number of halogens is 1. The Bertz CT molecular complexity index is 757. The molecule has 1 saturated heterocycles. The monoisotopic (exact) mass is 369 g/mol. The van der Waals surface area contributed by atoms with E-state index in [-0.39, 0.29) is 30.6 Å². The van der Waals surface area contributed by atoms with Crippen molar-refractivity contribution < 1.29 is 14.0 Å². The Labute approximate surface area is 158 Å². The number of amides is 2. The molecule has 0 atom stereocenters. The standard InChI is InChI=1S/C21H24FN3O2/c22-19-8-6-17(7-9-19)15-23-20(26)14-21(27)25-12-10-24(11-13-25)16-18-4-2-1-3-5-18/h1-9H,10-16H2,(H,23,26). The second kappa shape index (κ2) is 9.28. The van der Waals surface area contributed by atoms with E-state index in [4.69, 9.17) is 0 Å². The molecule has 2 aromatic carbocycles. The zero-order chi connectivity index (χ0) is 19.1. The van der Waals surface area contributed by atoms with Crippen molar-refractivity contribution in [1.29, 1.82) is 0 Å². The van der Waals surface area contributed by atoms with Gasteiger partial charge in [0.25, 0.3) is 0 Å². The van der Waals surface area contributed by atoms with Crippen LogP contribution in [-0.2, 0) is 22.7 Å². The van der Waals surface area contributed by atoms with E-state index in [2.05, 4.69) is 22.3 Å². The van der Waals surface area contributed by atoms with Crippen LogP contribution in [0.2, 0.25) is 0 Å². The molecule has 27 heavy (non-hydrogen) atoms.